The van der Waals surface area contributed by atoms with Gasteiger partial charge in [-0.1, -0.05) is 12.7 Å². The number of β-lactam (4-membered cyclic amide) rings is 1. The maximum atomic E-state index is 10.9. The largest absolute Gasteiger partial charge is 0.457 e. The molecule has 1 atom stereocenters. The highest BCUT2D eigenvalue weighted by atomic mass is 16.5. The van der Waals surface area contributed by atoms with Crippen molar-refractivity contribution in [2.45, 2.75) is 6.04 Å². The van der Waals surface area contributed by atoms with Gasteiger partial charge in [-0.15, -0.1) is 0 Å². The summed E-state index contributed by atoms with van der Waals surface area (Å²) in [6.45, 7) is 3.84. The Bertz CT molecular complexity index is 288. The third kappa shape index (κ3) is 2.40. The van der Waals surface area contributed by atoms with Crippen molar-refractivity contribution in [3.05, 3.63) is 12.7 Å². The molecule has 0 spiro atoms. The summed E-state index contributed by atoms with van der Waals surface area (Å²) < 4.78 is 4.60. The first-order chi connectivity index (χ1) is 6.65. The molecule has 0 aliphatic carbocycles. The molecule has 1 heterocycles. The molecular formula is C8H11N3O3. The Kier molecular flexibility index (Phi) is 3.35. The summed E-state index contributed by atoms with van der Waals surface area (Å²) in [5, 5.41) is 4.69. The van der Waals surface area contributed by atoms with Crippen LogP contribution in [0, 0.1) is 0 Å². The Hall–Kier alpha value is -1.69. The van der Waals surface area contributed by atoms with Crippen molar-refractivity contribution in [3.63, 3.8) is 0 Å². The molecule has 0 bridgehead atoms. The van der Waals surface area contributed by atoms with Crippen molar-refractivity contribution in [3.8, 4) is 0 Å². The number of nitrogens with two attached hydrogens (primary N) is 1. The average molecular weight is 197 g/mol. The summed E-state index contributed by atoms with van der Waals surface area (Å²) in [4.78, 5) is 21.8. The van der Waals surface area contributed by atoms with Gasteiger partial charge >= 0.3 is 5.97 Å². The number of hydrogen-bond acceptors (Lipinski definition) is 5. The topological polar surface area (TPSA) is 85.0 Å². The highest BCUT2D eigenvalue weighted by Gasteiger charge is 2.33. The number of amides is 1. The molecule has 0 radical (unpaired) electrons. The number of esters is 1. The molecule has 14 heavy (non-hydrogen) atoms. The van der Waals surface area contributed by atoms with Crippen molar-refractivity contribution in [2.24, 2.45) is 10.8 Å². The van der Waals surface area contributed by atoms with E-state index in [0.29, 0.717) is 6.54 Å². The van der Waals surface area contributed by atoms with E-state index in [2.05, 4.69) is 16.4 Å². The van der Waals surface area contributed by atoms with Gasteiger partial charge in [-0.05, 0) is 0 Å². The predicted octanol–water partition coefficient (Wildman–Crippen LogP) is -1.13. The van der Waals surface area contributed by atoms with Crippen molar-refractivity contribution in [1.82, 2.24) is 5.01 Å². The minimum Gasteiger partial charge on any atom is -0.457 e. The van der Waals surface area contributed by atoms with Crippen LogP contribution in [0.4, 0.5) is 0 Å². The highest BCUT2D eigenvalue weighted by Crippen LogP contribution is 2.06. The van der Waals surface area contributed by atoms with Crippen molar-refractivity contribution >= 4 is 18.1 Å². The summed E-state index contributed by atoms with van der Waals surface area (Å²) in [6.07, 6.45) is 2.38. The van der Waals surface area contributed by atoms with E-state index in [1.54, 1.807) is 0 Å². The molecule has 1 amide bonds. The second-order valence-corrected chi connectivity index (χ2v) is 2.69. The van der Waals surface area contributed by atoms with Crippen LogP contribution in [0.5, 0.6) is 0 Å². The number of nitrogens with zero attached hydrogens (tertiary/aromatic N) is 2. The Labute approximate surface area is 81.0 Å². The highest BCUT2D eigenvalue weighted by molar-refractivity contribution is 6.23. The van der Waals surface area contributed by atoms with E-state index in [9.17, 15) is 9.59 Å². The van der Waals surface area contributed by atoms with Crippen LogP contribution in [0.2, 0.25) is 0 Å². The molecule has 0 aromatic heterocycles. The third-order valence-corrected chi connectivity index (χ3v) is 1.59. The van der Waals surface area contributed by atoms with Gasteiger partial charge in [0.25, 0.3) is 5.91 Å². The molecule has 6 nitrogen and oxygen atoms in total. The van der Waals surface area contributed by atoms with E-state index in [1.165, 1.54) is 6.08 Å². The lowest BCUT2D eigenvalue weighted by atomic mass is 10.2. The molecule has 1 saturated heterocycles. The van der Waals surface area contributed by atoms with Crippen molar-refractivity contribution in [2.75, 3.05) is 13.2 Å². The minimum atomic E-state index is -0.613. The summed E-state index contributed by atoms with van der Waals surface area (Å²) in [7, 11) is 0. The number of ether oxygens (including phenoxy) is 1. The Balaban J connectivity index is 2.30. The van der Waals surface area contributed by atoms with Crippen LogP contribution >= 0.6 is 0 Å². The van der Waals surface area contributed by atoms with Crippen LogP contribution in [0.1, 0.15) is 0 Å². The minimum absolute atomic E-state index is 0.123. The number of hydrazone groups is 1. The molecule has 6 heteroatoms. The number of hydrogen-bond donors (Lipinski definition) is 1. The van der Waals surface area contributed by atoms with Crippen LogP contribution < -0.4 is 5.73 Å². The Morgan fingerprint density at radius 2 is 2.57 bits per heavy atom. The van der Waals surface area contributed by atoms with Gasteiger partial charge < -0.3 is 10.5 Å². The third-order valence-electron chi connectivity index (χ3n) is 1.59. The zero-order valence-corrected chi connectivity index (χ0v) is 7.55. The fourth-order valence-corrected chi connectivity index (χ4v) is 0.833. The van der Waals surface area contributed by atoms with Crippen LogP contribution in [0.25, 0.3) is 0 Å². The van der Waals surface area contributed by atoms with Crippen LogP contribution in [0.3, 0.4) is 0 Å². The second kappa shape index (κ2) is 4.52. The Morgan fingerprint density at radius 3 is 3.07 bits per heavy atom. The van der Waals surface area contributed by atoms with Gasteiger partial charge in [0.15, 0.2) is 0 Å². The number of carbonyl (C=O) groups excluding carboxylic acids is 2. The first-order valence-corrected chi connectivity index (χ1v) is 4.03. The molecule has 0 saturated carbocycles. The van der Waals surface area contributed by atoms with Crippen LogP contribution in [0.15, 0.2) is 17.8 Å². The SMILES string of the molecule is C=CCOC(=O)C=NN1C[C@H](N)C1=O. The standard InChI is InChI=1S/C8H11N3O3/c1-2-3-14-7(12)4-10-11-5-6(9)8(11)13/h2,4,6H,1,3,5,9H2/t6-/m0/s1. The molecule has 76 valence electrons. The molecule has 1 aliphatic rings. The monoisotopic (exact) mass is 197 g/mol. The Morgan fingerprint density at radius 1 is 1.86 bits per heavy atom. The van der Waals surface area contributed by atoms with Gasteiger partial charge in [0.1, 0.15) is 18.9 Å². The van der Waals surface area contributed by atoms with E-state index < -0.39 is 12.0 Å². The lowest BCUT2D eigenvalue weighted by Gasteiger charge is -2.30. The quantitative estimate of drug-likeness (QED) is 0.267. The second-order valence-electron chi connectivity index (χ2n) is 2.69. The average Bonchev–Trinajstić information content (AvgIpc) is 2.20. The smallest absolute Gasteiger partial charge is 0.351 e. The zero-order valence-electron chi connectivity index (χ0n) is 7.55. The number of carbonyl (C=O) groups is 2. The maximum Gasteiger partial charge on any atom is 0.351 e. The first-order valence-electron chi connectivity index (χ1n) is 4.03. The van der Waals surface area contributed by atoms with Gasteiger partial charge in [0, 0.05) is 0 Å². The van der Waals surface area contributed by atoms with Crippen LogP contribution in [-0.2, 0) is 14.3 Å². The van der Waals surface area contributed by atoms with Crippen molar-refractivity contribution in [1.29, 1.82) is 0 Å². The van der Waals surface area contributed by atoms with Crippen LogP contribution in [-0.4, -0.2) is 42.3 Å². The van der Waals surface area contributed by atoms with Gasteiger partial charge in [0.05, 0.1) is 6.54 Å². The fraction of sp³-hybridized carbons (Fsp3) is 0.375. The summed E-state index contributed by atoms with van der Waals surface area (Å²) in [6, 6.07) is -0.489. The normalized spacial score (nSPS) is 20.8. The maximum absolute atomic E-state index is 10.9. The lowest BCUT2D eigenvalue weighted by Crippen LogP contribution is -2.58. The van der Waals surface area contributed by atoms with E-state index in [4.69, 9.17) is 5.73 Å². The molecule has 0 aromatic carbocycles. The van der Waals surface area contributed by atoms with E-state index in [0.717, 1.165) is 11.2 Å². The first kappa shape index (κ1) is 10.4. The molecule has 2 N–H and O–H groups in total. The lowest BCUT2D eigenvalue weighted by molar-refractivity contribution is -0.142. The fourth-order valence-electron chi connectivity index (χ4n) is 0.833. The summed E-state index contributed by atoms with van der Waals surface area (Å²) in [5.74, 6) is -0.907. The van der Waals surface area contributed by atoms with E-state index >= 15 is 0 Å². The van der Waals surface area contributed by atoms with Crippen molar-refractivity contribution < 1.29 is 14.3 Å². The zero-order chi connectivity index (χ0) is 10.6. The molecule has 1 fully saturated rings. The van der Waals surface area contributed by atoms with E-state index in [1.807, 2.05) is 0 Å². The predicted molar refractivity (Wildman–Crippen MR) is 49.3 cm³/mol. The number of rotatable bonds is 4. The molecule has 0 aromatic rings. The van der Waals surface area contributed by atoms with Gasteiger partial charge in [-0.2, -0.15) is 5.10 Å². The molecular weight excluding hydrogens is 186 g/mol. The summed E-state index contributed by atoms with van der Waals surface area (Å²) in [5.41, 5.74) is 5.30. The van der Waals surface area contributed by atoms with E-state index in [-0.39, 0.29) is 12.5 Å². The molecule has 1 aliphatic heterocycles. The van der Waals surface area contributed by atoms with Gasteiger partial charge in [0.2, 0.25) is 0 Å². The van der Waals surface area contributed by atoms with Gasteiger partial charge in [-0.25, -0.2) is 9.80 Å². The summed E-state index contributed by atoms with van der Waals surface area (Å²) >= 11 is 0. The molecule has 1 rings (SSSR count). The molecule has 0 unspecified atom stereocenters. The van der Waals surface area contributed by atoms with Gasteiger partial charge in [-0.3, -0.25) is 4.79 Å².